The molecule has 1 atom stereocenters. The molecule has 2 aromatic rings. The third-order valence-electron chi connectivity index (χ3n) is 3.42. The number of rotatable bonds is 6. The average molecular weight is 397 g/mol. The number of amides is 2. The maximum Gasteiger partial charge on any atom is 0.279 e. The Morgan fingerprint density at radius 2 is 1.77 bits per heavy atom. The Labute approximate surface area is 161 Å². The first-order valence-corrected chi connectivity index (χ1v) is 8.48. The van der Waals surface area contributed by atoms with Crippen molar-refractivity contribution in [2.45, 2.75) is 19.4 Å². The van der Waals surface area contributed by atoms with E-state index in [-0.39, 0.29) is 12.3 Å². The minimum absolute atomic E-state index is 0.114. The minimum atomic E-state index is -0.866. The topological polar surface area (TPSA) is 76.7 Å². The van der Waals surface area contributed by atoms with Gasteiger partial charge in [-0.15, -0.1) is 0 Å². The standard InChI is InChI=1S/C18H18Cl2N2O4/c1-11(26-16-8-5-13(19)10-15(16)20)18(24)22-21-17(23)9-12-3-6-14(25-2)7-4-12/h3-8,10-11H,9H2,1-2H3,(H,21,23)(H,22,24)/t11-/m1/s1. The van der Waals surface area contributed by atoms with E-state index in [0.29, 0.717) is 21.5 Å². The third-order valence-corrected chi connectivity index (χ3v) is 3.95. The Balaban J connectivity index is 1.81. The lowest BCUT2D eigenvalue weighted by Gasteiger charge is -2.16. The molecule has 0 unspecified atom stereocenters. The number of halogens is 2. The summed E-state index contributed by atoms with van der Waals surface area (Å²) in [6.07, 6.45) is -0.752. The molecule has 2 N–H and O–H groups in total. The predicted molar refractivity (Wildman–Crippen MR) is 99.5 cm³/mol. The first-order chi connectivity index (χ1) is 12.4. The smallest absolute Gasteiger partial charge is 0.279 e. The molecule has 0 heterocycles. The Bertz CT molecular complexity index is 781. The number of hydrogen-bond donors (Lipinski definition) is 2. The lowest BCUT2D eigenvalue weighted by atomic mass is 10.1. The van der Waals surface area contributed by atoms with Gasteiger partial charge in [-0.1, -0.05) is 35.3 Å². The van der Waals surface area contributed by atoms with Crippen LogP contribution in [0.5, 0.6) is 11.5 Å². The lowest BCUT2D eigenvalue weighted by Crippen LogP contribution is -2.47. The zero-order chi connectivity index (χ0) is 19.1. The molecular formula is C18H18Cl2N2O4. The van der Waals surface area contributed by atoms with Crippen molar-refractivity contribution in [1.29, 1.82) is 0 Å². The van der Waals surface area contributed by atoms with Crippen molar-refractivity contribution in [2.75, 3.05) is 7.11 Å². The van der Waals surface area contributed by atoms with Crippen molar-refractivity contribution in [3.8, 4) is 11.5 Å². The Kier molecular flexibility index (Phi) is 7.12. The molecule has 0 fully saturated rings. The number of carbonyl (C=O) groups excluding carboxylic acids is 2. The zero-order valence-electron chi connectivity index (χ0n) is 14.2. The van der Waals surface area contributed by atoms with E-state index in [9.17, 15) is 9.59 Å². The Hall–Kier alpha value is -2.44. The molecule has 2 aromatic carbocycles. The second-order valence-electron chi connectivity index (χ2n) is 5.40. The van der Waals surface area contributed by atoms with E-state index in [0.717, 1.165) is 5.56 Å². The summed E-state index contributed by atoms with van der Waals surface area (Å²) in [5.41, 5.74) is 5.45. The van der Waals surface area contributed by atoms with E-state index in [1.165, 1.54) is 13.0 Å². The number of benzene rings is 2. The van der Waals surface area contributed by atoms with Crippen LogP contribution in [0.2, 0.25) is 10.0 Å². The summed E-state index contributed by atoms with van der Waals surface area (Å²) in [6, 6.07) is 11.7. The second-order valence-corrected chi connectivity index (χ2v) is 6.24. The molecule has 0 aromatic heterocycles. The normalized spacial score (nSPS) is 11.4. The van der Waals surface area contributed by atoms with Crippen molar-refractivity contribution in [3.63, 3.8) is 0 Å². The van der Waals surface area contributed by atoms with Crippen LogP contribution in [-0.2, 0) is 16.0 Å². The van der Waals surface area contributed by atoms with Gasteiger partial charge < -0.3 is 9.47 Å². The van der Waals surface area contributed by atoms with Crippen LogP contribution >= 0.6 is 23.2 Å². The predicted octanol–water partition coefficient (Wildman–Crippen LogP) is 3.16. The highest BCUT2D eigenvalue weighted by Gasteiger charge is 2.17. The number of hydrogen-bond acceptors (Lipinski definition) is 4. The van der Waals surface area contributed by atoms with Crippen LogP contribution in [0.25, 0.3) is 0 Å². The number of ether oxygens (including phenoxy) is 2. The Morgan fingerprint density at radius 1 is 1.08 bits per heavy atom. The zero-order valence-corrected chi connectivity index (χ0v) is 15.7. The van der Waals surface area contributed by atoms with Gasteiger partial charge in [0, 0.05) is 5.02 Å². The van der Waals surface area contributed by atoms with E-state index >= 15 is 0 Å². The van der Waals surface area contributed by atoms with Crippen molar-refractivity contribution >= 4 is 35.0 Å². The molecule has 138 valence electrons. The fourth-order valence-electron chi connectivity index (χ4n) is 2.02. The number of hydrazine groups is 1. The molecule has 0 aliphatic carbocycles. The average Bonchev–Trinajstić information content (AvgIpc) is 2.62. The molecule has 26 heavy (non-hydrogen) atoms. The molecule has 0 bridgehead atoms. The molecule has 8 heteroatoms. The second kappa shape index (κ2) is 9.31. The molecule has 0 saturated carbocycles. The van der Waals surface area contributed by atoms with Gasteiger partial charge in [-0.05, 0) is 42.8 Å². The first-order valence-electron chi connectivity index (χ1n) is 7.72. The highest BCUT2D eigenvalue weighted by atomic mass is 35.5. The fourth-order valence-corrected chi connectivity index (χ4v) is 2.47. The van der Waals surface area contributed by atoms with Crippen molar-refractivity contribution < 1.29 is 19.1 Å². The molecule has 0 saturated heterocycles. The minimum Gasteiger partial charge on any atom is -0.497 e. The summed E-state index contributed by atoms with van der Waals surface area (Å²) in [4.78, 5) is 23.9. The number of nitrogens with one attached hydrogen (secondary N) is 2. The quantitative estimate of drug-likeness (QED) is 0.735. The summed E-state index contributed by atoms with van der Waals surface area (Å²) in [6.45, 7) is 1.54. The third kappa shape index (κ3) is 5.82. The van der Waals surface area contributed by atoms with Crippen LogP contribution in [0, 0.1) is 0 Å². The monoisotopic (exact) mass is 396 g/mol. The van der Waals surface area contributed by atoms with Crippen LogP contribution < -0.4 is 20.3 Å². The summed E-state index contributed by atoms with van der Waals surface area (Å²) in [5.74, 6) is 0.150. The molecule has 6 nitrogen and oxygen atoms in total. The number of carbonyl (C=O) groups is 2. The van der Waals surface area contributed by atoms with E-state index in [1.807, 2.05) is 0 Å². The molecular weight excluding hydrogens is 379 g/mol. The SMILES string of the molecule is COc1ccc(CC(=O)NNC(=O)[C@@H](C)Oc2ccc(Cl)cc2Cl)cc1. The van der Waals surface area contributed by atoms with E-state index in [2.05, 4.69) is 10.9 Å². The molecule has 0 aliphatic heterocycles. The molecule has 0 radical (unpaired) electrons. The summed E-state index contributed by atoms with van der Waals surface area (Å²) >= 11 is 11.8. The summed E-state index contributed by atoms with van der Waals surface area (Å²) in [7, 11) is 1.57. The maximum absolute atomic E-state index is 12.0. The van der Waals surface area contributed by atoms with Crippen molar-refractivity contribution in [2.24, 2.45) is 0 Å². The van der Waals surface area contributed by atoms with Gasteiger partial charge in [0.2, 0.25) is 5.91 Å². The van der Waals surface area contributed by atoms with Crippen LogP contribution in [0.4, 0.5) is 0 Å². The van der Waals surface area contributed by atoms with Gasteiger partial charge in [0.25, 0.3) is 5.91 Å². The van der Waals surface area contributed by atoms with Gasteiger partial charge >= 0.3 is 0 Å². The van der Waals surface area contributed by atoms with Gasteiger partial charge in [-0.2, -0.15) is 0 Å². The molecule has 2 rings (SSSR count). The molecule has 0 aliphatic rings. The van der Waals surface area contributed by atoms with Gasteiger partial charge in [-0.25, -0.2) is 0 Å². The van der Waals surface area contributed by atoms with Crippen LogP contribution in [0.3, 0.4) is 0 Å². The maximum atomic E-state index is 12.0. The van der Waals surface area contributed by atoms with E-state index < -0.39 is 12.0 Å². The van der Waals surface area contributed by atoms with Gasteiger partial charge in [0.15, 0.2) is 6.10 Å². The molecule has 0 spiro atoms. The highest BCUT2D eigenvalue weighted by molar-refractivity contribution is 6.35. The van der Waals surface area contributed by atoms with E-state index in [4.69, 9.17) is 32.7 Å². The summed E-state index contributed by atoms with van der Waals surface area (Å²) in [5, 5.41) is 0.756. The highest BCUT2D eigenvalue weighted by Crippen LogP contribution is 2.28. The Morgan fingerprint density at radius 3 is 2.38 bits per heavy atom. The van der Waals surface area contributed by atoms with Gasteiger partial charge in [0.05, 0.1) is 18.6 Å². The van der Waals surface area contributed by atoms with Crippen LogP contribution in [0.1, 0.15) is 12.5 Å². The van der Waals surface area contributed by atoms with Gasteiger partial charge in [0.1, 0.15) is 11.5 Å². The van der Waals surface area contributed by atoms with Crippen LogP contribution in [0.15, 0.2) is 42.5 Å². The van der Waals surface area contributed by atoms with Crippen LogP contribution in [-0.4, -0.2) is 25.0 Å². The number of methoxy groups -OCH3 is 1. The van der Waals surface area contributed by atoms with E-state index in [1.54, 1.807) is 43.5 Å². The fraction of sp³-hybridized carbons (Fsp3) is 0.222. The molecule has 2 amide bonds. The lowest BCUT2D eigenvalue weighted by molar-refractivity contribution is -0.132. The summed E-state index contributed by atoms with van der Waals surface area (Å²) < 4.78 is 10.5. The largest absolute Gasteiger partial charge is 0.497 e. The van der Waals surface area contributed by atoms with Crippen molar-refractivity contribution in [1.82, 2.24) is 10.9 Å². The first kappa shape index (κ1) is 19.9. The van der Waals surface area contributed by atoms with Gasteiger partial charge in [-0.3, -0.25) is 20.4 Å². The van der Waals surface area contributed by atoms with Crippen molar-refractivity contribution in [3.05, 3.63) is 58.1 Å².